The Labute approximate surface area is 246 Å². The van der Waals surface area contributed by atoms with Crippen LogP contribution in [0.1, 0.15) is 68.9 Å². The highest BCUT2D eigenvalue weighted by Crippen LogP contribution is 2.23. The second kappa shape index (κ2) is 16.0. The third kappa shape index (κ3) is 9.37. The van der Waals surface area contributed by atoms with Gasteiger partial charge in [0, 0.05) is 38.6 Å². The van der Waals surface area contributed by atoms with Crippen LogP contribution in [0.3, 0.4) is 0 Å². The lowest BCUT2D eigenvalue weighted by atomic mass is 9.99. The Morgan fingerprint density at radius 3 is 2.51 bits per heavy atom. The zero-order valence-corrected chi connectivity index (χ0v) is 24.5. The number of unbranched alkanes of at least 4 members (excludes halogenated alkanes) is 2. The molecule has 2 aliphatic rings. The van der Waals surface area contributed by atoms with Crippen LogP contribution >= 0.6 is 0 Å². The first kappa shape index (κ1) is 29.7. The fraction of sp³-hybridized carbons (Fsp3) is 0.514. The molecular weight excluding hydrogens is 510 g/mol. The number of hydrogen-bond acceptors (Lipinski definition) is 5. The van der Waals surface area contributed by atoms with Crippen molar-refractivity contribution < 1.29 is 14.4 Å². The molecule has 2 aliphatic heterocycles. The minimum atomic E-state index is -0.290. The highest BCUT2D eigenvalue weighted by atomic mass is 16.8. The van der Waals surface area contributed by atoms with Gasteiger partial charge in [-0.2, -0.15) is 0 Å². The number of nitrogens with zero attached hydrogens (tertiary/aromatic N) is 2. The van der Waals surface area contributed by atoms with Gasteiger partial charge in [-0.05, 0) is 86.5 Å². The fourth-order valence-corrected chi connectivity index (χ4v) is 6.30. The summed E-state index contributed by atoms with van der Waals surface area (Å²) < 4.78 is 5.52. The first-order valence-corrected chi connectivity index (χ1v) is 15.8. The van der Waals surface area contributed by atoms with E-state index in [0.717, 1.165) is 77.7 Å². The van der Waals surface area contributed by atoms with Gasteiger partial charge in [-0.3, -0.25) is 14.6 Å². The lowest BCUT2D eigenvalue weighted by Gasteiger charge is -2.39. The maximum atomic E-state index is 12.3. The molecule has 6 nitrogen and oxygen atoms in total. The van der Waals surface area contributed by atoms with Gasteiger partial charge in [0.2, 0.25) is 5.91 Å². The quantitative estimate of drug-likeness (QED) is 0.182. The van der Waals surface area contributed by atoms with E-state index in [2.05, 4.69) is 88.1 Å². The summed E-state index contributed by atoms with van der Waals surface area (Å²) >= 11 is 0. The number of carbonyl (C=O) groups excluding carboxylic acids is 1. The van der Waals surface area contributed by atoms with Gasteiger partial charge in [0.15, 0.2) is 6.29 Å². The van der Waals surface area contributed by atoms with Crippen LogP contribution in [0.4, 0.5) is 0 Å². The van der Waals surface area contributed by atoms with Crippen LogP contribution in [0.25, 0.3) is 10.8 Å². The predicted octanol–water partition coefficient (Wildman–Crippen LogP) is 6.48. The Morgan fingerprint density at radius 2 is 1.68 bits per heavy atom. The molecule has 220 valence electrons. The van der Waals surface area contributed by atoms with Crippen LogP contribution in [0, 0.1) is 0 Å². The van der Waals surface area contributed by atoms with Crippen molar-refractivity contribution in [3.05, 3.63) is 83.9 Å². The third-order valence-corrected chi connectivity index (χ3v) is 8.66. The topological polar surface area (TPSA) is 54.0 Å². The van der Waals surface area contributed by atoms with E-state index in [9.17, 15) is 4.79 Å². The molecule has 0 spiro atoms. The minimum Gasteiger partial charge on any atom is -0.350 e. The van der Waals surface area contributed by atoms with Crippen molar-refractivity contribution >= 4 is 16.7 Å². The molecule has 1 N–H and O–H groups in total. The standard InChI is InChI=1S/C35H47N3O3/c39-34(36-41-35-19-8-10-27-40-35)18-5-2-9-23-38(26-20-31-16-11-15-30-14-6-7-17-33(30)31)32-21-24-37(25-22-32)28-29-12-3-1-4-13-29/h1,3-4,6-7,11-17,32,35H,2,5,8-10,18-28H2,(H,36,39). The number of likely N-dealkylation sites (tertiary alicyclic amines) is 1. The van der Waals surface area contributed by atoms with Crippen LogP contribution < -0.4 is 5.48 Å². The molecule has 3 aromatic rings. The molecule has 3 aromatic carbocycles. The molecule has 1 amide bonds. The first-order valence-electron chi connectivity index (χ1n) is 15.8. The predicted molar refractivity (Wildman–Crippen MR) is 165 cm³/mol. The SMILES string of the molecule is O=C(CCCCCN(CCc1cccc2ccccc12)C1CCN(Cc2ccccc2)CC1)NOC1CCCCO1. The molecule has 5 rings (SSSR count). The number of nitrogens with one attached hydrogen (secondary N) is 1. The number of rotatable bonds is 14. The van der Waals surface area contributed by atoms with Crippen molar-refractivity contribution in [2.24, 2.45) is 0 Å². The number of hydroxylamine groups is 1. The van der Waals surface area contributed by atoms with Crippen molar-refractivity contribution in [3.8, 4) is 0 Å². The maximum absolute atomic E-state index is 12.3. The van der Waals surface area contributed by atoms with Crippen LogP contribution in [0.15, 0.2) is 72.8 Å². The highest BCUT2D eigenvalue weighted by molar-refractivity contribution is 5.85. The average Bonchev–Trinajstić information content (AvgIpc) is 3.03. The van der Waals surface area contributed by atoms with Crippen molar-refractivity contribution in [3.63, 3.8) is 0 Å². The molecule has 2 saturated heterocycles. The lowest BCUT2D eigenvalue weighted by molar-refractivity contribution is -0.200. The van der Waals surface area contributed by atoms with E-state index in [1.54, 1.807) is 0 Å². The number of hydrogen-bond donors (Lipinski definition) is 1. The zero-order chi connectivity index (χ0) is 28.1. The summed E-state index contributed by atoms with van der Waals surface area (Å²) in [4.78, 5) is 23.0. The third-order valence-electron chi connectivity index (χ3n) is 8.66. The molecule has 0 aromatic heterocycles. The van der Waals surface area contributed by atoms with Gasteiger partial charge in [-0.1, -0.05) is 79.2 Å². The second-order valence-electron chi connectivity index (χ2n) is 11.7. The number of amides is 1. The summed E-state index contributed by atoms with van der Waals surface area (Å²) in [5.74, 6) is -0.0437. The van der Waals surface area contributed by atoms with Gasteiger partial charge in [0.1, 0.15) is 0 Å². The molecule has 0 radical (unpaired) electrons. The molecule has 0 bridgehead atoms. The van der Waals surface area contributed by atoms with E-state index in [1.165, 1.54) is 34.7 Å². The molecule has 1 unspecified atom stereocenters. The smallest absolute Gasteiger partial charge is 0.243 e. The van der Waals surface area contributed by atoms with Crippen LogP contribution in [0.2, 0.25) is 0 Å². The molecule has 2 fully saturated rings. The molecule has 0 saturated carbocycles. The molecule has 6 heteroatoms. The fourth-order valence-electron chi connectivity index (χ4n) is 6.30. The molecule has 0 aliphatic carbocycles. The molecule has 2 heterocycles. The largest absolute Gasteiger partial charge is 0.350 e. The van der Waals surface area contributed by atoms with Crippen molar-refractivity contribution in [2.75, 3.05) is 32.8 Å². The Balaban J connectivity index is 1.10. The van der Waals surface area contributed by atoms with Crippen LogP contribution in [0.5, 0.6) is 0 Å². The number of ether oxygens (including phenoxy) is 1. The van der Waals surface area contributed by atoms with Gasteiger partial charge < -0.3 is 4.74 Å². The van der Waals surface area contributed by atoms with Crippen LogP contribution in [-0.2, 0) is 27.3 Å². The Morgan fingerprint density at radius 1 is 0.878 bits per heavy atom. The number of benzene rings is 3. The molecule has 1 atom stereocenters. The van der Waals surface area contributed by atoms with Gasteiger partial charge in [0.25, 0.3) is 0 Å². The van der Waals surface area contributed by atoms with E-state index in [4.69, 9.17) is 9.57 Å². The summed E-state index contributed by atoms with van der Waals surface area (Å²) in [5.41, 5.74) is 5.44. The monoisotopic (exact) mass is 557 g/mol. The van der Waals surface area contributed by atoms with Crippen molar-refractivity contribution in [1.29, 1.82) is 0 Å². The van der Waals surface area contributed by atoms with E-state index < -0.39 is 0 Å². The van der Waals surface area contributed by atoms with E-state index in [0.29, 0.717) is 19.1 Å². The van der Waals surface area contributed by atoms with Crippen molar-refractivity contribution in [2.45, 2.75) is 83.1 Å². The number of piperidine rings is 1. The van der Waals surface area contributed by atoms with E-state index in [1.807, 2.05) is 0 Å². The molecular formula is C35H47N3O3. The van der Waals surface area contributed by atoms with E-state index >= 15 is 0 Å². The first-order chi connectivity index (χ1) is 20.2. The molecule has 41 heavy (non-hydrogen) atoms. The highest BCUT2D eigenvalue weighted by Gasteiger charge is 2.24. The zero-order valence-electron chi connectivity index (χ0n) is 24.5. The van der Waals surface area contributed by atoms with Gasteiger partial charge in [-0.25, -0.2) is 10.3 Å². The average molecular weight is 558 g/mol. The summed E-state index contributed by atoms with van der Waals surface area (Å²) in [6, 6.07) is 26.9. The number of carbonyl (C=O) groups is 1. The minimum absolute atomic E-state index is 0.0437. The second-order valence-corrected chi connectivity index (χ2v) is 11.7. The lowest BCUT2D eigenvalue weighted by Crippen LogP contribution is -2.45. The Kier molecular flexibility index (Phi) is 11.6. The maximum Gasteiger partial charge on any atom is 0.243 e. The van der Waals surface area contributed by atoms with Crippen LogP contribution in [-0.4, -0.2) is 60.8 Å². The summed E-state index contributed by atoms with van der Waals surface area (Å²) in [7, 11) is 0. The van der Waals surface area contributed by atoms with Gasteiger partial charge in [-0.15, -0.1) is 0 Å². The van der Waals surface area contributed by atoms with Crippen molar-refractivity contribution in [1.82, 2.24) is 15.3 Å². The summed E-state index contributed by atoms with van der Waals surface area (Å²) in [6.45, 7) is 6.21. The normalized spacial score (nSPS) is 18.6. The van der Waals surface area contributed by atoms with Gasteiger partial charge >= 0.3 is 0 Å². The number of fused-ring (bicyclic) bond motifs is 1. The van der Waals surface area contributed by atoms with Gasteiger partial charge in [0.05, 0.1) is 0 Å². The Bertz CT molecular complexity index is 1180. The summed E-state index contributed by atoms with van der Waals surface area (Å²) in [6.07, 6.45) is 9.75. The van der Waals surface area contributed by atoms with E-state index in [-0.39, 0.29) is 12.2 Å². The Hall–Kier alpha value is -2.77. The summed E-state index contributed by atoms with van der Waals surface area (Å²) in [5, 5.41) is 2.70.